The van der Waals surface area contributed by atoms with E-state index in [-0.39, 0.29) is 18.0 Å². The Bertz CT molecular complexity index is 182. The lowest BCUT2D eigenvalue weighted by Gasteiger charge is -2.29. The molecule has 0 spiro atoms. The van der Waals surface area contributed by atoms with E-state index in [0.717, 1.165) is 25.7 Å². The normalized spacial score (nSPS) is 27.3. The van der Waals surface area contributed by atoms with Crippen LogP contribution < -0.4 is 11.1 Å². The van der Waals surface area contributed by atoms with Crippen LogP contribution >= 0.6 is 0 Å². The van der Waals surface area contributed by atoms with Gasteiger partial charge in [-0.05, 0) is 19.3 Å². The summed E-state index contributed by atoms with van der Waals surface area (Å²) in [5.41, 5.74) is 5.94. The van der Waals surface area contributed by atoms with E-state index in [0.29, 0.717) is 6.42 Å². The summed E-state index contributed by atoms with van der Waals surface area (Å²) in [6, 6.07) is 0.405. The van der Waals surface area contributed by atoms with E-state index < -0.39 is 0 Å². The predicted octanol–water partition coefficient (Wildman–Crippen LogP) is 1.56. The molecule has 1 amide bonds. The van der Waals surface area contributed by atoms with E-state index in [1.165, 1.54) is 12.8 Å². The zero-order chi connectivity index (χ0) is 10.4. The summed E-state index contributed by atoms with van der Waals surface area (Å²) in [6.45, 7) is 2.10. The molecule has 2 unspecified atom stereocenters. The van der Waals surface area contributed by atoms with E-state index in [1.54, 1.807) is 0 Å². The highest BCUT2D eigenvalue weighted by molar-refractivity contribution is 5.76. The summed E-state index contributed by atoms with van der Waals surface area (Å²) in [5.74, 6) is 0.175. The second kappa shape index (κ2) is 6.02. The van der Waals surface area contributed by atoms with Crippen LogP contribution in [0.15, 0.2) is 0 Å². The van der Waals surface area contributed by atoms with Gasteiger partial charge in [-0.3, -0.25) is 4.79 Å². The highest BCUT2D eigenvalue weighted by Crippen LogP contribution is 2.16. The Kier molecular flexibility index (Phi) is 4.94. The van der Waals surface area contributed by atoms with Crippen LogP contribution in [0.3, 0.4) is 0 Å². The molecule has 0 bridgehead atoms. The van der Waals surface area contributed by atoms with Crippen molar-refractivity contribution in [2.24, 2.45) is 5.73 Å². The van der Waals surface area contributed by atoms with Gasteiger partial charge in [-0.15, -0.1) is 0 Å². The van der Waals surface area contributed by atoms with Crippen LogP contribution in [-0.4, -0.2) is 18.0 Å². The molecular weight excluding hydrogens is 176 g/mol. The standard InChI is InChI=1S/C11H22N2O/c1-2-3-8-11(14)13-10-7-5-4-6-9(10)12/h9-10H,2-8,12H2,1H3,(H,13,14). The molecule has 14 heavy (non-hydrogen) atoms. The van der Waals surface area contributed by atoms with Gasteiger partial charge in [0.15, 0.2) is 0 Å². The maximum atomic E-state index is 11.4. The summed E-state index contributed by atoms with van der Waals surface area (Å²) in [6.07, 6.45) is 7.23. The Morgan fingerprint density at radius 1 is 1.43 bits per heavy atom. The van der Waals surface area contributed by atoms with Crippen LogP contribution in [-0.2, 0) is 4.79 Å². The Balaban J connectivity index is 2.23. The molecule has 1 aliphatic rings. The lowest BCUT2D eigenvalue weighted by molar-refractivity contribution is -0.122. The summed E-state index contributed by atoms with van der Waals surface area (Å²) in [5, 5.41) is 3.04. The zero-order valence-electron chi connectivity index (χ0n) is 9.09. The van der Waals surface area contributed by atoms with Crippen molar-refractivity contribution in [1.82, 2.24) is 5.32 Å². The molecular formula is C11H22N2O. The van der Waals surface area contributed by atoms with Crippen LogP contribution in [0.5, 0.6) is 0 Å². The van der Waals surface area contributed by atoms with Crippen molar-refractivity contribution in [2.75, 3.05) is 0 Å². The van der Waals surface area contributed by atoms with Crippen LogP contribution in [0.4, 0.5) is 0 Å². The first kappa shape index (κ1) is 11.5. The van der Waals surface area contributed by atoms with Crippen LogP contribution in [0.1, 0.15) is 51.9 Å². The third-order valence-corrected chi connectivity index (χ3v) is 2.92. The van der Waals surface area contributed by atoms with Crippen molar-refractivity contribution in [3.63, 3.8) is 0 Å². The molecule has 0 aromatic rings. The largest absolute Gasteiger partial charge is 0.352 e. The van der Waals surface area contributed by atoms with E-state index in [4.69, 9.17) is 5.73 Å². The van der Waals surface area contributed by atoms with Crippen molar-refractivity contribution >= 4 is 5.91 Å². The van der Waals surface area contributed by atoms with Crippen molar-refractivity contribution in [3.05, 3.63) is 0 Å². The molecule has 1 saturated carbocycles. The maximum Gasteiger partial charge on any atom is 0.220 e. The number of hydrogen-bond acceptors (Lipinski definition) is 2. The van der Waals surface area contributed by atoms with Gasteiger partial charge in [0.2, 0.25) is 5.91 Å². The van der Waals surface area contributed by atoms with Gasteiger partial charge in [0.25, 0.3) is 0 Å². The number of nitrogens with two attached hydrogens (primary N) is 1. The molecule has 0 heterocycles. The predicted molar refractivity (Wildman–Crippen MR) is 57.9 cm³/mol. The first-order chi connectivity index (χ1) is 6.74. The smallest absolute Gasteiger partial charge is 0.220 e. The molecule has 1 rings (SSSR count). The molecule has 0 aromatic heterocycles. The minimum atomic E-state index is 0.175. The number of carbonyl (C=O) groups is 1. The van der Waals surface area contributed by atoms with Crippen molar-refractivity contribution in [2.45, 2.75) is 64.0 Å². The molecule has 1 aliphatic carbocycles. The summed E-state index contributed by atoms with van der Waals surface area (Å²) in [7, 11) is 0. The Hall–Kier alpha value is -0.570. The van der Waals surface area contributed by atoms with E-state index in [1.807, 2.05) is 0 Å². The van der Waals surface area contributed by atoms with E-state index in [9.17, 15) is 4.79 Å². The summed E-state index contributed by atoms with van der Waals surface area (Å²) >= 11 is 0. The monoisotopic (exact) mass is 198 g/mol. The molecule has 3 heteroatoms. The molecule has 0 aromatic carbocycles. The van der Waals surface area contributed by atoms with Crippen LogP contribution in [0.2, 0.25) is 0 Å². The second-order valence-electron chi connectivity index (χ2n) is 4.23. The third kappa shape index (κ3) is 3.66. The van der Waals surface area contributed by atoms with Crippen molar-refractivity contribution in [3.8, 4) is 0 Å². The van der Waals surface area contributed by atoms with Gasteiger partial charge < -0.3 is 11.1 Å². The molecule has 0 saturated heterocycles. The average molecular weight is 198 g/mol. The van der Waals surface area contributed by atoms with Gasteiger partial charge in [0, 0.05) is 18.5 Å². The second-order valence-corrected chi connectivity index (χ2v) is 4.23. The SMILES string of the molecule is CCCCC(=O)NC1CCCCC1N. The third-order valence-electron chi connectivity index (χ3n) is 2.92. The zero-order valence-corrected chi connectivity index (χ0v) is 9.09. The highest BCUT2D eigenvalue weighted by atomic mass is 16.1. The molecule has 0 radical (unpaired) electrons. The Labute approximate surface area is 86.4 Å². The first-order valence-electron chi connectivity index (χ1n) is 5.79. The first-order valence-corrected chi connectivity index (χ1v) is 5.79. The lowest BCUT2D eigenvalue weighted by atomic mass is 9.91. The molecule has 3 N–H and O–H groups in total. The number of hydrogen-bond donors (Lipinski definition) is 2. The van der Waals surface area contributed by atoms with Crippen molar-refractivity contribution < 1.29 is 4.79 Å². The van der Waals surface area contributed by atoms with Gasteiger partial charge in [0.1, 0.15) is 0 Å². The van der Waals surface area contributed by atoms with Gasteiger partial charge in [-0.1, -0.05) is 26.2 Å². The molecule has 2 atom stereocenters. The highest BCUT2D eigenvalue weighted by Gasteiger charge is 2.22. The Morgan fingerprint density at radius 2 is 2.14 bits per heavy atom. The quantitative estimate of drug-likeness (QED) is 0.720. The van der Waals surface area contributed by atoms with Crippen molar-refractivity contribution in [1.29, 1.82) is 0 Å². The molecule has 1 fully saturated rings. The van der Waals surface area contributed by atoms with Crippen LogP contribution in [0, 0.1) is 0 Å². The Morgan fingerprint density at radius 3 is 2.79 bits per heavy atom. The minimum Gasteiger partial charge on any atom is -0.352 e. The van der Waals surface area contributed by atoms with Gasteiger partial charge in [-0.2, -0.15) is 0 Å². The number of rotatable bonds is 4. The minimum absolute atomic E-state index is 0.175. The fourth-order valence-corrected chi connectivity index (χ4v) is 1.96. The van der Waals surface area contributed by atoms with E-state index >= 15 is 0 Å². The van der Waals surface area contributed by atoms with E-state index in [2.05, 4.69) is 12.2 Å². The molecule has 0 aliphatic heterocycles. The topological polar surface area (TPSA) is 55.1 Å². The lowest BCUT2D eigenvalue weighted by Crippen LogP contribution is -2.49. The average Bonchev–Trinajstić information content (AvgIpc) is 2.18. The maximum absolute atomic E-state index is 11.4. The summed E-state index contributed by atoms with van der Waals surface area (Å²) in [4.78, 5) is 11.4. The fraction of sp³-hybridized carbons (Fsp3) is 0.909. The van der Waals surface area contributed by atoms with Gasteiger partial charge in [0.05, 0.1) is 0 Å². The fourth-order valence-electron chi connectivity index (χ4n) is 1.96. The van der Waals surface area contributed by atoms with Crippen LogP contribution in [0.25, 0.3) is 0 Å². The number of unbranched alkanes of at least 4 members (excludes halogenated alkanes) is 1. The van der Waals surface area contributed by atoms with Gasteiger partial charge in [-0.25, -0.2) is 0 Å². The molecule has 3 nitrogen and oxygen atoms in total. The van der Waals surface area contributed by atoms with Gasteiger partial charge >= 0.3 is 0 Å². The number of amides is 1. The number of carbonyl (C=O) groups excluding carboxylic acids is 1. The number of nitrogens with one attached hydrogen (secondary N) is 1. The summed E-state index contributed by atoms with van der Waals surface area (Å²) < 4.78 is 0. The molecule has 82 valence electrons.